The highest BCUT2D eigenvalue weighted by Crippen LogP contribution is 2.19. The second-order valence-electron chi connectivity index (χ2n) is 4.78. The van der Waals surface area contributed by atoms with Crippen LogP contribution in [0.5, 0.6) is 0 Å². The van der Waals surface area contributed by atoms with Crippen LogP contribution in [0.4, 0.5) is 0 Å². The Labute approximate surface area is 89.9 Å². The van der Waals surface area contributed by atoms with Crippen molar-refractivity contribution >= 4 is 0 Å². The maximum Gasteiger partial charge on any atom is 0.00100 e. The normalized spacial score (nSPS) is 23.1. The van der Waals surface area contributed by atoms with Gasteiger partial charge >= 0.3 is 0 Å². The average Bonchev–Trinajstić information content (AvgIpc) is 2.65. The summed E-state index contributed by atoms with van der Waals surface area (Å²) in [6.07, 6.45) is 9.94. The van der Waals surface area contributed by atoms with Gasteiger partial charge in [-0.25, -0.2) is 0 Å². The van der Waals surface area contributed by atoms with Crippen molar-refractivity contribution in [2.24, 2.45) is 5.92 Å². The fraction of sp³-hybridized carbons (Fsp3) is 1.00. The van der Waals surface area contributed by atoms with Gasteiger partial charge in [0.1, 0.15) is 0 Å². The molecule has 0 spiro atoms. The summed E-state index contributed by atoms with van der Waals surface area (Å²) in [7, 11) is 0. The molecule has 1 aliphatic heterocycles. The Hall–Kier alpha value is -0.0400. The van der Waals surface area contributed by atoms with E-state index in [-0.39, 0.29) is 0 Å². The van der Waals surface area contributed by atoms with Crippen molar-refractivity contribution in [3.05, 3.63) is 0 Å². The van der Waals surface area contributed by atoms with Crippen LogP contribution in [-0.2, 0) is 0 Å². The Bertz CT molecular complexity index is 133. The highest BCUT2D eigenvalue weighted by atomic mass is 15.1. The second-order valence-corrected chi connectivity index (χ2v) is 4.78. The molecule has 0 aliphatic carbocycles. The summed E-state index contributed by atoms with van der Waals surface area (Å²) in [6.45, 7) is 8.72. The average molecular weight is 197 g/mol. The number of unbranched alkanes of at least 4 members (excludes halogenated alkanes) is 4. The second kappa shape index (κ2) is 7.28. The number of hydrogen-bond acceptors (Lipinski definition) is 1. The maximum atomic E-state index is 2.67. The highest BCUT2D eigenvalue weighted by Gasteiger charge is 2.19. The van der Waals surface area contributed by atoms with Gasteiger partial charge in [0.05, 0.1) is 0 Å². The molecule has 14 heavy (non-hydrogen) atoms. The third-order valence-corrected chi connectivity index (χ3v) is 3.53. The van der Waals surface area contributed by atoms with Crippen LogP contribution in [-0.4, -0.2) is 24.5 Å². The largest absolute Gasteiger partial charge is 0.303 e. The van der Waals surface area contributed by atoms with Gasteiger partial charge in [-0.1, -0.05) is 46.0 Å². The zero-order valence-electron chi connectivity index (χ0n) is 10.1. The molecule has 1 unspecified atom stereocenters. The van der Waals surface area contributed by atoms with Crippen molar-refractivity contribution in [1.82, 2.24) is 4.90 Å². The topological polar surface area (TPSA) is 3.24 Å². The first-order valence-electron chi connectivity index (χ1n) is 6.59. The van der Waals surface area contributed by atoms with Crippen LogP contribution in [0.1, 0.15) is 58.8 Å². The first-order chi connectivity index (χ1) is 6.86. The number of likely N-dealkylation sites (tertiary alicyclic amines) is 1. The Morgan fingerprint density at radius 1 is 1.07 bits per heavy atom. The van der Waals surface area contributed by atoms with Crippen molar-refractivity contribution in [3.63, 3.8) is 0 Å². The van der Waals surface area contributed by atoms with Gasteiger partial charge in [-0.05, 0) is 31.8 Å². The van der Waals surface area contributed by atoms with E-state index in [4.69, 9.17) is 0 Å². The van der Waals surface area contributed by atoms with Crippen LogP contribution in [0.3, 0.4) is 0 Å². The van der Waals surface area contributed by atoms with E-state index < -0.39 is 0 Å². The van der Waals surface area contributed by atoms with Crippen molar-refractivity contribution in [2.75, 3.05) is 19.6 Å². The summed E-state index contributed by atoms with van der Waals surface area (Å²) in [5.41, 5.74) is 0. The van der Waals surface area contributed by atoms with Gasteiger partial charge in [-0.15, -0.1) is 0 Å². The molecule has 0 amide bonds. The zero-order chi connectivity index (χ0) is 10.2. The summed E-state index contributed by atoms with van der Waals surface area (Å²) >= 11 is 0. The Balaban J connectivity index is 1.92. The molecule has 0 radical (unpaired) electrons. The van der Waals surface area contributed by atoms with E-state index in [1.54, 1.807) is 0 Å². The molecule has 1 heterocycles. The van der Waals surface area contributed by atoms with Gasteiger partial charge in [-0.3, -0.25) is 0 Å². The van der Waals surface area contributed by atoms with Crippen LogP contribution >= 0.6 is 0 Å². The van der Waals surface area contributed by atoms with Crippen LogP contribution < -0.4 is 0 Å². The third kappa shape index (κ3) is 4.45. The Kier molecular flexibility index (Phi) is 6.25. The molecule has 0 aromatic carbocycles. The van der Waals surface area contributed by atoms with Crippen molar-refractivity contribution < 1.29 is 0 Å². The van der Waals surface area contributed by atoms with E-state index in [1.807, 2.05) is 0 Å². The van der Waals surface area contributed by atoms with E-state index >= 15 is 0 Å². The summed E-state index contributed by atoms with van der Waals surface area (Å²) in [5.74, 6) is 1.01. The predicted octanol–water partition coefficient (Wildman–Crippen LogP) is 3.69. The molecule has 0 aromatic heterocycles. The molecule has 1 fully saturated rings. The van der Waals surface area contributed by atoms with Crippen molar-refractivity contribution in [3.8, 4) is 0 Å². The van der Waals surface area contributed by atoms with E-state index in [1.165, 1.54) is 64.6 Å². The van der Waals surface area contributed by atoms with Gasteiger partial charge in [0.15, 0.2) is 0 Å². The molecule has 1 atom stereocenters. The number of rotatable bonds is 7. The molecule has 1 saturated heterocycles. The molecule has 0 bridgehead atoms. The SMILES string of the molecule is CCCCCCCN1CCC(CC)C1. The smallest absolute Gasteiger partial charge is 0.00100 e. The molecule has 0 aromatic rings. The first kappa shape index (κ1) is 12.0. The molecule has 1 nitrogen and oxygen atoms in total. The molecule has 1 heteroatoms. The van der Waals surface area contributed by atoms with Crippen LogP contribution in [0.15, 0.2) is 0 Å². The highest BCUT2D eigenvalue weighted by molar-refractivity contribution is 4.74. The molecule has 0 N–H and O–H groups in total. The zero-order valence-corrected chi connectivity index (χ0v) is 10.1. The van der Waals surface area contributed by atoms with Crippen LogP contribution in [0.25, 0.3) is 0 Å². The van der Waals surface area contributed by atoms with Gasteiger partial charge in [0.25, 0.3) is 0 Å². The van der Waals surface area contributed by atoms with Crippen LogP contribution in [0, 0.1) is 5.92 Å². The molecule has 0 saturated carbocycles. The summed E-state index contributed by atoms with van der Waals surface area (Å²) in [6, 6.07) is 0. The minimum absolute atomic E-state index is 1.01. The Morgan fingerprint density at radius 3 is 2.50 bits per heavy atom. The van der Waals surface area contributed by atoms with Gasteiger partial charge in [0.2, 0.25) is 0 Å². The third-order valence-electron chi connectivity index (χ3n) is 3.53. The quantitative estimate of drug-likeness (QED) is 0.563. The van der Waals surface area contributed by atoms with Crippen molar-refractivity contribution in [2.45, 2.75) is 58.8 Å². The summed E-state index contributed by atoms with van der Waals surface area (Å²) < 4.78 is 0. The van der Waals surface area contributed by atoms with Crippen LogP contribution in [0.2, 0.25) is 0 Å². The summed E-state index contributed by atoms with van der Waals surface area (Å²) in [4.78, 5) is 2.67. The van der Waals surface area contributed by atoms with Gasteiger partial charge in [-0.2, -0.15) is 0 Å². The fourth-order valence-electron chi connectivity index (χ4n) is 2.39. The van der Waals surface area contributed by atoms with E-state index in [0.717, 1.165) is 5.92 Å². The predicted molar refractivity (Wildman–Crippen MR) is 63.6 cm³/mol. The fourth-order valence-corrected chi connectivity index (χ4v) is 2.39. The summed E-state index contributed by atoms with van der Waals surface area (Å²) in [5, 5.41) is 0. The lowest BCUT2D eigenvalue weighted by molar-refractivity contribution is 0.313. The van der Waals surface area contributed by atoms with Gasteiger partial charge < -0.3 is 4.90 Å². The minimum atomic E-state index is 1.01. The molecular weight excluding hydrogens is 170 g/mol. The molecule has 1 aliphatic rings. The standard InChI is InChI=1S/C13H27N/c1-3-5-6-7-8-10-14-11-9-13(4-2)12-14/h13H,3-12H2,1-2H3. The Morgan fingerprint density at radius 2 is 1.86 bits per heavy atom. The molecule has 84 valence electrons. The van der Waals surface area contributed by atoms with Crippen molar-refractivity contribution in [1.29, 1.82) is 0 Å². The lowest BCUT2D eigenvalue weighted by Gasteiger charge is -2.15. The number of hydrogen-bond donors (Lipinski definition) is 0. The molecule has 1 rings (SSSR count). The first-order valence-corrected chi connectivity index (χ1v) is 6.59. The van der Waals surface area contributed by atoms with E-state index in [2.05, 4.69) is 18.7 Å². The number of nitrogens with zero attached hydrogens (tertiary/aromatic N) is 1. The lowest BCUT2D eigenvalue weighted by atomic mass is 10.1. The minimum Gasteiger partial charge on any atom is -0.303 e. The maximum absolute atomic E-state index is 2.67. The molecular formula is C13H27N. The van der Waals surface area contributed by atoms with E-state index in [0.29, 0.717) is 0 Å². The van der Waals surface area contributed by atoms with Gasteiger partial charge in [0, 0.05) is 6.54 Å². The lowest BCUT2D eigenvalue weighted by Crippen LogP contribution is -2.21. The monoisotopic (exact) mass is 197 g/mol. The van der Waals surface area contributed by atoms with E-state index in [9.17, 15) is 0 Å².